The SMILES string of the molecule is COC(=O)c1ccc(C(C)Sc2nc(=O)c(=O)[nH]n2C)o1. The molecule has 9 heteroatoms. The number of thioether (sulfide) groups is 1. The molecule has 0 spiro atoms. The summed E-state index contributed by atoms with van der Waals surface area (Å²) < 4.78 is 11.3. The van der Waals surface area contributed by atoms with E-state index in [2.05, 4.69) is 14.8 Å². The van der Waals surface area contributed by atoms with Crippen LogP contribution in [0.25, 0.3) is 0 Å². The van der Waals surface area contributed by atoms with E-state index in [9.17, 15) is 14.4 Å². The first kappa shape index (κ1) is 15.1. The second-order valence-corrected chi connectivity index (χ2v) is 5.46. The number of hydrogen-bond donors (Lipinski definition) is 1. The van der Waals surface area contributed by atoms with Crippen molar-refractivity contribution < 1.29 is 13.9 Å². The predicted molar refractivity (Wildman–Crippen MR) is 74.4 cm³/mol. The van der Waals surface area contributed by atoms with Gasteiger partial charge in [-0.2, -0.15) is 4.98 Å². The summed E-state index contributed by atoms with van der Waals surface area (Å²) in [6.07, 6.45) is 0. The molecule has 2 heterocycles. The zero-order valence-electron chi connectivity index (χ0n) is 11.6. The van der Waals surface area contributed by atoms with Crippen LogP contribution in [0.3, 0.4) is 0 Å². The summed E-state index contributed by atoms with van der Waals surface area (Å²) in [5.41, 5.74) is -1.63. The van der Waals surface area contributed by atoms with Crippen molar-refractivity contribution >= 4 is 17.7 Å². The number of aromatic nitrogens is 3. The van der Waals surface area contributed by atoms with Gasteiger partial charge in [-0.05, 0) is 19.1 Å². The van der Waals surface area contributed by atoms with E-state index in [1.54, 1.807) is 13.1 Å². The first-order valence-electron chi connectivity index (χ1n) is 5.94. The predicted octanol–water partition coefficient (Wildman–Crippen LogP) is 0.701. The highest BCUT2D eigenvalue weighted by Crippen LogP contribution is 2.33. The average Bonchev–Trinajstić information content (AvgIpc) is 2.93. The van der Waals surface area contributed by atoms with Gasteiger partial charge in [-0.15, -0.1) is 0 Å². The number of carbonyl (C=O) groups is 1. The topological polar surface area (TPSA) is 107 Å². The normalized spacial score (nSPS) is 12.1. The van der Waals surface area contributed by atoms with Crippen LogP contribution in [0.5, 0.6) is 0 Å². The van der Waals surface area contributed by atoms with Crippen LogP contribution in [-0.2, 0) is 11.8 Å². The number of hydrogen-bond acceptors (Lipinski definition) is 7. The van der Waals surface area contributed by atoms with E-state index >= 15 is 0 Å². The van der Waals surface area contributed by atoms with Crippen molar-refractivity contribution in [1.82, 2.24) is 14.8 Å². The molecular formula is C12H13N3O5S. The van der Waals surface area contributed by atoms with Crippen molar-refractivity contribution in [1.29, 1.82) is 0 Å². The van der Waals surface area contributed by atoms with E-state index < -0.39 is 17.1 Å². The molecule has 2 rings (SSSR count). The van der Waals surface area contributed by atoms with Crippen LogP contribution < -0.4 is 11.1 Å². The minimum atomic E-state index is -0.850. The smallest absolute Gasteiger partial charge is 0.373 e. The highest BCUT2D eigenvalue weighted by atomic mass is 32.2. The number of methoxy groups -OCH3 is 1. The highest BCUT2D eigenvalue weighted by Gasteiger charge is 2.18. The third-order valence-electron chi connectivity index (χ3n) is 2.64. The molecule has 2 aromatic heterocycles. The zero-order chi connectivity index (χ0) is 15.6. The van der Waals surface area contributed by atoms with Crippen molar-refractivity contribution in [2.75, 3.05) is 7.11 Å². The highest BCUT2D eigenvalue weighted by molar-refractivity contribution is 7.99. The maximum atomic E-state index is 11.3. The van der Waals surface area contributed by atoms with E-state index in [1.807, 2.05) is 6.92 Å². The molecule has 0 aliphatic rings. The maximum Gasteiger partial charge on any atom is 0.373 e. The van der Waals surface area contributed by atoms with Crippen molar-refractivity contribution in [3.63, 3.8) is 0 Å². The van der Waals surface area contributed by atoms with E-state index in [1.165, 1.54) is 29.6 Å². The quantitative estimate of drug-likeness (QED) is 0.503. The number of carbonyl (C=O) groups excluding carboxylic acids is 1. The van der Waals surface area contributed by atoms with Crippen molar-refractivity contribution in [3.8, 4) is 0 Å². The monoisotopic (exact) mass is 311 g/mol. The number of furan rings is 1. The summed E-state index contributed by atoms with van der Waals surface area (Å²) in [7, 11) is 2.84. The van der Waals surface area contributed by atoms with E-state index in [4.69, 9.17) is 4.42 Å². The molecule has 8 nitrogen and oxygen atoms in total. The molecule has 0 radical (unpaired) electrons. The number of rotatable bonds is 4. The van der Waals surface area contributed by atoms with Crippen LogP contribution in [0.1, 0.15) is 28.5 Å². The number of esters is 1. The van der Waals surface area contributed by atoms with Gasteiger partial charge in [0.15, 0.2) is 5.16 Å². The Morgan fingerprint density at radius 1 is 1.48 bits per heavy atom. The molecule has 1 N–H and O–H groups in total. The number of ether oxygens (including phenoxy) is 1. The van der Waals surface area contributed by atoms with Crippen molar-refractivity contribution in [3.05, 3.63) is 44.4 Å². The third-order valence-corrected chi connectivity index (χ3v) is 3.81. The molecule has 1 atom stereocenters. The summed E-state index contributed by atoms with van der Waals surface area (Å²) in [6.45, 7) is 1.82. The van der Waals surface area contributed by atoms with Crippen LogP contribution in [0.15, 0.2) is 31.3 Å². The molecule has 2 aromatic rings. The number of aromatic amines is 1. The first-order valence-corrected chi connectivity index (χ1v) is 6.82. The molecule has 1 unspecified atom stereocenters. The Morgan fingerprint density at radius 2 is 2.19 bits per heavy atom. The second-order valence-electron chi connectivity index (χ2n) is 4.15. The fourth-order valence-corrected chi connectivity index (χ4v) is 2.46. The molecule has 0 bridgehead atoms. The van der Waals surface area contributed by atoms with Gasteiger partial charge in [-0.25, -0.2) is 4.79 Å². The summed E-state index contributed by atoms with van der Waals surface area (Å²) >= 11 is 1.21. The molecule has 0 fully saturated rings. The number of nitrogens with one attached hydrogen (secondary N) is 1. The maximum absolute atomic E-state index is 11.3. The first-order chi connectivity index (χ1) is 9.92. The fraction of sp³-hybridized carbons (Fsp3) is 0.333. The minimum Gasteiger partial charge on any atom is -0.463 e. The van der Waals surface area contributed by atoms with Gasteiger partial charge in [0.1, 0.15) is 5.76 Å². The molecule has 0 aromatic carbocycles. The second kappa shape index (κ2) is 6.00. The Kier molecular flexibility index (Phi) is 4.32. The lowest BCUT2D eigenvalue weighted by Gasteiger charge is -2.10. The van der Waals surface area contributed by atoms with E-state index in [0.717, 1.165) is 0 Å². The Hall–Kier alpha value is -2.29. The molecule has 0 aliphatic heterocycles. The molecule has 0 saturated carbocycles. The van der Waals surface area contributed by atoms with Crippen LogP contribution in [0, 0.1) is 0 Å². The lowest BCUT2D eigenvalue weighted by Crippen LogP contribution is -2.33. The third kappa shape index (κ3) is 3.24. The number of H-pyrrole nitrogens is 1. The largest absolute Gasteiger partial charge is 0.463 e. The van der Waals surface area contributed by atoms with Gasteiger partial charge >= 0.3 is 17.1 Å². The van der Waals surface area contributed by atoms with Gasteiger partial charge in [-0.1, -0.05) is 11.8 Å². The van der Waals surface area contributed by atoms with Gasteiger partial charge in [0, 0.05) is 7.05 Å². The average molecular weight is 311 g/mol. The summed E-state index contributed by atoms with van der Waals surface area (Å²) in [5.74, 6) is 0.0668. The number of nitrogens with zero attached hydrogens (tertiary/aromatic N) is 2. The standard InChI is InChI=1S/C12H13N3O5S/c1-6(7-4-5-8(20-7)11(18)19-3)21-12-13-9(16)10(17)14-15(12)2/h4-6H,1-3H3,(H,14,17). The Morgan fingerprint density at radius 3 is 2.86 bits per heavy atom. The lowest BCUT2D eigenvalue weighted by atomic mass is 10.3. The van der Waals surface area contributed by atoms with Gasteiger partial charge in [-0.3, -0.25) is 19.4 Å². The van der Waals surface area contributed by atoms with Gasteiger partial charge in [0.05, 0.1) is 12.4 Å². The summed E-state index contributed by atoms with van der Waals surface area (Å²) in [4.78, 5) is 37.4. The fourth-order valence-electron chi connectivity index (χ4n) is 1.56. The van der Waals surface area contributed by atoms with Crippen LogP contribution in [-0.4, -0.2) is 27.8 Å². The molecule has 0 amide bonds. The van der Waals surface area contributed by atoms with Gasteiger partial charge in [0.25, 0.3) is 0 Å². The summed E-state index contributed by atoms with van der Waals surface area (Å²) in [5, 5.41) is 2.48. The van der Waals surface area contributed by atoms with Crippen molar-refractivity contribution in [2.24, 2.45) is 7.05 Å². The van der Waals surface area contributed by atoms with Gasteiger partial charge < -0.3 is 9.15 Å². The van der Waals surface area contributed by atoms with Crippen LogP contribution >= 0.6 is 11.8 Å². The molecule has 21 heavy (non-hydrogen) atoms. The Balaban J connectivity index is 2.22. The molecule has 0 saturated heterocycles. The number of aryl methyl sites for hydroxylation is 1. The van der Waals surface area contributed by atoms with Gasteiger partial charge in [0.2, 0.25) is 5.76 Å². The minimum absolute atomic E-state index is 0.100. The molecular weight excluding hydrogens is 298 g/mol. The Labute approximate surface area is 123 Å². The van der Waals surface area contributed by atoms with E-state index in [-0.39, 0.29) is 11.0 Å². The van der Waals surface area contributed by atoms with Crippen molar-refractivity contribution in [2.45, 2.75) is 17.3 Å². The van der Waals surface area contributed by atoms with Crippen LogP contribution in [0.4, 0.5) is 0 Å². The molecule has 112 valence electrons. The zero-order valence-corrected chi connectivity index (χ0v) is 12.4. The Bertz CT molecular complexity index is 776. The lowest BCUT2D eigenvalue weighted by molar-refractivity contribution is 0.0563. The molecule has 0 aliphatic carbocycles. The van der Waals surface area contributed by atoms with Crippen LogP contribution in [0.2, 0.25) is 0 Å². The summed E-state index contributed by atoms with van der Waals surface area (Å²) in [6, 6.07) is 3.16. The van der Waals surface area contributed by atoms with E-state index in [0.29, 0.717) is 10.9 Å².